The zero-order chi connectivity index (χ0) is 95.5. The van der Waals surface area contributed by atoms with Gasteiger partial charge in [-0.05, 0) is 77.2 Å². The number of fused-ring (bicyclic) bond motifs is 15. The lowest BCUT2D eigenvalue weighted by Crippen LogP contribution is -2.34. The van der Waals surface area contributed by atoms with Gasteiger partial charge in [0.2, 0.25) is 17.8 Å². The first kappa shape index (κ1) is 97.0. The summed E-state index contributed by atoms with van der Waals surface area (Å²) in [6.45, 7) is -29.4. The Bertz CT molecular complexity index is 6510. The van der Waals surface area contributed by atoms with Crippen molar-refractivity contribution in [2.45, 2.75) is 143 Å². The highest BCUT2D eigenvalue weighted by atomic mass is 32.7. The molecule has 9 saturated heterocycles. The van der Waals surface area contributed by atoms with Gasteiger partial charge < -0.3 is 95.7 Å². The van der Waals surface area contributed by atoms with E-state index in [1.165, 1.54) is 69.5 Å². The molecule has 726 valence electrons. The van der Waals surface area contributed by atoms with E-state index in [0.29, 0.717) is 22.4 Å². The summed E-state index contributed by atoms with van der Waals surface area (Å²) in [5, 5.41) is 16.6. The fourth-order valence-electron chi connectivity index (χ4n) is 15.6. The van der Waals surface area contributed by atoms with Gasteiger partial charge in [0.15, 0.2) is 93.1 Å². The Hall–Kier alpha value is -6.84. The summed E-state index contributed by atoms with van der Waals surface area (Å²) in [6.07, 6.45) is -21.7. The van der Waals surface area contributed by atoms with Gasteiger partial charge in [0.25, 0.3) is 16.7 Å². The van der Waals surface area contributed by atoms with Crippen LogP contribution < -0.4 is 51.1 Å². The normalized spacial score (nSPS) is 37.7. The number of aromatic amines is 3. The van der Waals surface area contributed by atoms with Gasteiger partial charge in [-0.2, -0.15) is 19.6 Å². The predicted molar refractivity (Wildman–Crippen MR) is 483 cm³/mol. The molecular weight excluding hydrogens is 2110 g/mol. The Labute approximate surface area is 789 Å². The number of nitrogens with two attached hydrogens (primary N) is 6. The van der Waals surface area contributed by atoms with E-state index in [0.717, 1.165) is 49.3 Å². The molecule has 21 heterocycles. The number of nitrogens with one attached hydrogen (secondary N) is 3. The minimum absolute atomic E-state index is 0.0121. The molecule has 30 atom stereocenters. The fraction of sp³-hybridized carbons (Fsp3) is 0.500. The molecule has 21 rings (SSSR count). The zero-order valence-electron chi connectivity index (χ0n) is 66.8. The maximum Gasteiger partial charge on any atom is 0.386 e. The van der Waals surface area contributed by atoms with E-state index in [2.05, 4.69) is 103 Å². The van der Waals surface area contributed by atoms with Crippen molar-refractivity contribution in [2.75, 3.05) is 74.0 Å². The van der Waals surface area contributed by atoms with Crippen molar-refractivity contribution in [3.05, 3.63) is 86.8 Å². The Morgan fingerprint density at radius 2 is 0.704 bits per heavy atom. The van der Waals surface area contributed by atoms with Crippen molar-refractivity contribution >= 4 is 249 Å². The number of anilines is 6. The molecule has 0 aromatic carbocycles. The van der Waals surface area contributed by atoms with Crippen LogP contribution in [0.15, 0.2) is 70.2 Å². The molecule has 0 radical (unpaired) electrons. The van der Waals surface area contributed by atoms with Crippen LogP contribution in [-0.4, -0.2) is 290 Å². The Kier molecular flexibility index (Phi) is 26.8. The Balaban J connectivity index is 0.000000130. The molecular formula is C60H66F6N30O24P6S9. The lowest BCUT2D eigenvalue weighted by molar-refractivity contribution is -0.0494. The highest BCUT2D eigenvalue weighted by Crippen LogP contribution is 2.64. The summed E-state index contributed by atoms with van der Waals surface area (Å²) in [7, 11) is 0. The smallest absolute Gasteiger partial charge is 0.386 e. The third-order valence-corrected chi connectivity index (χ3v) is 35.5. The van der Waals surface area contributed by atoms with E-state index in [9.17, 15) is 43.4 Å². The first-order valence-electron chi connectivity index (χ1n) is 38.7. The first-order valence-corrected chi connectivity index (χ1v) is 57.2. The molecule has 0 spiro atoms. The molecule has 9 aliphatic heterocycles. The molecule has 75 heteroatoms. The third kappa shape index (κ3) is 19.1. The molecule has 12 aromatic heterocycles. The van der Waals surface area contributed by atoms with Crippen LogP contribution in [0.2, 0.25) is 0 Å². The molecule has 6 bridgehead atoms. The molecule has 9 fully saturated rings. The highest BCUT2D eigenvalue weighted by molar-refractivity contribution is 8.44. The number of H-pyrrole nitrogens is 3. The van der Waals surface area contributed by atoms with Crippen LogP contribution in [0.25, 0.3) is 67.0 Å². The summed E-state index contributed by atoms with van der Waals surface area (Å²) in [6, 6.07) is 4.53. The monoisotopic (exact) mass is 2180 g/mol. The Morgan fingerprint density at radius 1 is 0.378 bits per heavy atom. The minimum atomic E-state index is -4.38. The number of aromatic nitrogens is 24. The number of halogens is 6. The summed E-state index contributed by atoms with van der Waals surface area (Å²) in [5.74, 6) is -0.712. The highest BCUT2D eigenvalue weighted by Gasteiger charge is 2.59. The van der Waals surface area contributed by atoms with Gasteiger partial charge in [-0.25, -0.2) is 70.2 Å². The van der Waals surface area contributed by atoms with E-state index in [-0.39, 0.29) is 79.5 Å². The van der Waals surface area contributed by atoms with Crippen LogP contribution in [0.1, 0.15) is 34.8 Å². The molecule has 12 aromatic rings. The predicted octanol–water partition coefficient (Wildman–Crippen LogP) is 2.51. The first-order chi connectivity index (χ1) is 63.9. The van der Waals surface area contributed by atoms with E-state index in [4.69, 9.17) is 162 Å². The Morgan fingerprint density at radius 3 is 1.15 bits per heavy atom. The number of hydrogen-bond acceptors (Lipinski definition) is 48. The number of nitrogen functional groups attached to an aromatic ring is 6. The average molecular weight is 2180 g/mol. The van der Waals surface area contributed by atoms with Gasteiger partial charge in [-0.1, -0.05) is 27.9 Å². The number of thioether (sulfide) groups is 3. The zero-order valence-corrected chi connectivity index (χ0v) is 79.6. The SMILES string of the molecule is Nc1nc2c(ncn2[C@@H]2S[C@@H]3COP(=O)(S)O[C@H]4[C@H](F)[C@H](n5cnc6c(N)ccnc65)O[C@@H]4COP(O)(=S)O[C@@H]2[C@@H]3F)c(=O)[nH]1.Nc1nc2c(nnn2[C@@H]2S[C@@H]3COP(O)(=S)O[C@H]4[C@H](F)[C@H](n5cnc6c(N)ccnc65)O[C@@H]4COP(O)(=S)O[C@@H]2[C@@H]3F)c(=O)[nH]1.Nc1nc2c(nnn2[C@@H]2S[C@@H]3COP(O)(=S)O[C@H]4[C@H](F)[C@H](n5nnc6c(N)ccnc65)O[C@@H]4COP(O)(=S)O[C@@H]2[C@@H]3F)c(=O)[nH]1. The fourth-order valence-corrected chi connectivity index (χ4v) is 29.1. The second-order valence-electron chi connectivity index (χ2n) is 30.2. The van der Waals surface area contributed by atoms with Crippen LogP contribution in [0.5, 0.6) is 0 Å². The van der Waals surface area contributed by atoms with Gasteiger partial charge in [-0.15, -0.1) is 50.6 Å². The van der Waals surface area contributed by atoms with Crippen molar-refractivity contribution in [1.29, 1.82) is 0 Å². The molecule has 54 nitrogen and oxygen atoms in total. The number of ether oxygens (including phenoxy) is 3. The number of nitrogens with zero attached hydrogens (tertiary/aromatic N) is 21. The summed E-state index contributed by atoms with van der Waals surface area (Å²) >= 11 is 32.6. The second-order valence-corrected chi connectivity index (χ2v) is 51.1. The third-order valence-electron chi connectivity index (χ3n) is 21.6. The number of rotatable bonds is 6. The molecule has 0 amide bonds. The molecule has 6 unspecified atom stereocenters. The second kappa shape index (κ2) is 37.2. The molecule has 135 heavy (non-hydrogen) atoms. The number of hydrogen-bond donors (Lipinski definition) is 15. The number of thiol groups is 1. The molecule has 0 saturated carbocycles. The van der Waals surface area contributed by atoms with E-state index in [1.807, 2.05) is 0 Å². The topological polar surface area (TPSA) is 734 Å². The number of pyridine rings is 3. The largest absolute Gasteiger partial charge is 0.397 e. The van der Waals surface area contributed by atoms with E-state index < -0.39 is 239 Å². The van der Waals surface area contributed by atoms with Crippen LogP contribution in [0, 0.1) is 0 Å². The van der Waals surface area contributed by atoms with Crippen molar-refractivity contribution < 1.29 is 124 Å². The van der Waals surface area contributed by atoms with E-state index >= 15 is 26.3 Å². The lowest BCUT2D eigenvalue weighted by atomic mass is 10.1. The van der Waals surface area contributed by atoms with Gasteiger partial charge in [0.1, 0.15) is 101 Å². The molecule has 9 aliphatic rings. The average Bonchev–Trinajstić information content (AvgIpc) is 1.63. The minimum Gasteiger partial charge on any atom is -0.397 e. The summed E-state index contributed by atoms with van der Waals surface area (Å²) in [4.78, 5) is 136. The van der Waals surface area contributed by atoms with Gasteiger partial charge in [-0.3, -0.25) is 74.7 Å². The standard InChI is InChI=1S/C21H23F2N9O8P2S3.C20H22F2N10O8P2S3.C19H21F2N11O8P2S3/c22-10-9-4-37-42(35,44)39-14-8(38-19(11(14)23)31-5-27-12-7(24)1-2-26-16(12)31)3-36-41(34,43)40-15(10)20(45-9)32-6-28-13-17(32)29-21(25)30-18(13)33;21-9-8-4-37-42(35,44)39-13-7(38-18(10(13)22)31-5-26-11-6(23)1-2-25-15(11)31)3-36-41(34,43)40-14(9)19(45-8)32-16-12(29-30-32)17(33)28-20(24)27-16;20-8-7-4-37-42(35,44)39-12-6(38-17(9(12)21)31-14-10(27-29-31)5(22)1-2-24-14)3-36-41(34,43)40-13(8)18(45-7)32-15-11(28-30-32)16(33)26-19(23)25-15/h1-2,5-6,8-11,14-15,19-20H,3-4H2,(H2,24,26)(H,34,43)(H,35,44)(H3,25,29,30,33);1-2,5,7-10,13-14,18-19H,3-4H2,(H2,23,25)(H,34,43)(H,35,44)(H3,24,27,28,33);1-2,6-9,12-13,17-18H,3-4H2,(H2,22,24)(H,34,43)(H,35,44)(H3,23,25,26,33)/t8-,9-,10-,11+,14-,15-,19-,20-,41?,42?;7-,8-,9-,10+,13-,14-,18-,19-,41?,42?;6-,7-,8-,9+,12-,13-,17-,18-,41?,42?/m111/s1. The van der Waals surface area contributed by atoms with Crippen molar-refractivity contribution in [3.8, 4) is 0 Å². The van der Waals surface area contributed by atoms with Crippen LogP contribution in [-0.2, 0) is 132 Å². The van der Waals surface area contributed by atoms with Crippen LogP contribution in [0.4, 0.5) is 61.2 Å². The van der Waals surface area contributed by atoms with Crippen molar-refractivity contribution in [1.82, 2.24) is 118 Å². The summed E-state index contributed by atoms with van der Waals surface area (Å²) in [5.41, 5.74) is 34.4. The van der Waals surface area contributed by atoms with Gasteiger partial charge in [0.05, 0.1) is 91.4 Å². The van der Waals surface area contributed by atoms with Crippen LogP contribution >= 0.6 is 87.9 Å². The summed E-state index contributed by atoms with van der Waals surface area (Å²) < 4.78 is 200. The lowest BCUT2D eigenvalue weighted by Gasteiger charge is -2.27. The number of imidazole rings is 3. The van der Waals surface area contributed by atoms with Crippen LogP contribution in [0.3, 0.4) is 0 Å². The molecule has 20 N–H and O–H groups in total. The number of alkyl halides is 6. The maximum absolute atomic E-state index is 16.0. The molecule has 0 aliphatic carbocycles. The van der Waals surface area contributed by atoms with Gasteiger partial charge in [0, 0.05) is 18.6 Å². The maximum atomic E-state index is 16.0. The van der Waals surface area contributed by atoms with Gasteiger partial charge >= 0.3 is 40.4 Å². The quantitative estimate of drug-likeness (QED) is 0.0646. The van der Waals surface area contributed by atoms with Crippen molar-refractivity contribution in [2.24, 2.45) is 0 Å². The van der Waals surface area contributed by atoms with Crippen molar-refractivity contribution in [3.63, 3.8) is 0 Å². The van der Waals surface area contributed by atoms with E-state index in [1.54, 1.807) is 0 Å².